The fourth-order valence-corrected chi connectivity index (χ4v) is 1.30. The first-order valence-corrected chi connectivity index (χ1v) is 4.87. The Balaban J connectivity index is 3.26. The number of nitro groups is 1. The van der Waals surface area contributed by atoms with Gasteiger partial charge in [-0.15, -0.1) is 0 Å². The van der Waals surface area contributed by atoms with Crippen molar-refractivity contribution < 1.29 is 9.72 Å². The van der Waals surface area contributed by atoms with Crippen LogP contribution < -0.4 is 0 Å². The van der Waals surface area contributed by atoms with E-state index in [9.17, 15) is 14.9 Å². The van der Waals surface area contributed by atoms with Crippen LogP contribution in [-0.4, -0.2) is 11.2 Å². The third kappa shape index (κ3) is 2.96. The zero-order valence-corrected chi connectivity index (χ0v) is 9.38. The summed E-state index contributed by atoms with van der Waals surface area (Å²) in [6.45, 7) is 0. The van der Waals surface area contributed by atoms with Gasteiger partial charge >= 0.3 is 0 Å². The molecule has 0 bridgehead atoms. The predicted molar refractivity (Wildman–Crippen MR) is 60.7 cm³/mol. The second-order valence-corrected chi connectivity index (χ2v) is 3.53. The van der Waals surface area contributed by atoms with Gasteiger partial charge in [0.05, 0.1) is 21.4 Å². The fraction of sp³-hybridized carbons (Fsp3) is 0.100. The second kappa shape index (κ2) is 5.50. The maximum Gasteiger partial charge on any atom is 0.286 e. The van der Waals surface area contributed by atoms with E-state index in [-0.39, 0.29) is 27.7 Å². The summed E-state index contributed by atoms with van der Waals surface area (Å²) in [5, 5.41) is 11.0. The Morgan fingerprint density at radius 3 is 2.56 bits per heavy atom. The van der Waals surface area contributed by atoms with Gasteiger partial charge in [-0.05, 0) is 6.07 Å². The monoisotopic (exact) mass is 257 g/mol. The molecule has 0 fully saturated rings. The van der Waals surface area contributed by atoms with Gasteiger partial charge in [-0.1, -0.05) is 35.0 Å². The molecular formula is C10H5Cl2NO3. The van der Waals surface area contributed by atoms with Crippen LogP contribution in [-0.2, 0) is 4.79 Å². The van der Waals surface area contributed by atoms with E-state index in [4.69, 9.17) is 23.2 Å². The van der Waals surface area contributed by atoms with Crippen molar-refractivity contribution in [1.82, 2.24) is 0 Å². The van der Waals surface area contributed by atoms with Crippen molar-refractivity contribution >= 4 is 35.2 Å². The summed E-state index contributed by atoms with van der Waals surface area (Å²) in [6, 6.07) is 2.44. The number of carbonyl (C=O) groups excluding carboxylic acids is 1. The number of carbonyl (C=O) groups is 1. The normalized spacial score (nSPS) is 9.12. The van der Waals surface area contributed by atoms with Crippen LogP contribution in [0.4, 0.5) is 5.69 Å². The SMILES string of the molecule is O=CCC#Cc1cc(Cl)c(Cl)cc1[N+](=O)[O-]. The number of hydrogen-bond donors (Lipinski definition) is 0. The number of benzene rings is 1. The van der Waals surface area contributed by atoms with E-state index in [1.807, 2.05) is 0 Å². The van der Waals surface area contributed by atoms with Gasteiger partial charge in [-0.3, -0.25) is 10.1 Å². The first-order valence-electron chi connectivity index (χ1n) is 4.12. The van der Waals surface area contributed by atoms with Gasteiger partial charge in [0.15, 0.2) is 0 Å². The molecule has 0 saturated heterocycles. The fourth-order valence-electron chi connectivity index (χ4n) is 0.975. The molecule has 82 valence electrons. The Hall–Kier alpha value is -1.57. The molecule has 0 amide bonds. The average Bonchev–Trinajstić information content (AvgIpc) is 2.23. The zero-order valence-electron chi connectivity index (χ0n) is 7.87. The molecule has 0 atom stereocenters. The van der Waals surface area contributed by atoms with Crippen LogP contribution in [0.2, 0.25) is 10.0 Å². The summed E-state index contributed by atoms with van der Waals surface area (Å²) in [5.41, 5.74) is -0.0888. The van der Waals surface area contributed by atoms with Gasteiger partial charge in [0.2, 0.25) is 0 Å². The van der Waals surface area contributed by atoms with Crippen molar-refractivity contribution in [3.8, 4) is 11.8 Å². The molecule has 1 rings (SSSR count). The Labute approximate surface area is 101 Å². The maximum absolute atomic E-state index is 10.7. The van der Waals surface area contributed by atoms with Crippen LogP contribution in [0.15, 0.2) is 12.1 Å². The van der Waals surface area contributed by atoms with E-state index >= 15 is 0 Å². The lowest BCUT2D eigenvalue weighted by molar-refractivity contribution is -0.385. The molecule has 0 aliphatic carbocycles. The highest BCUT2D eigenvalue weighted by molar-refractivity contribution is 6.42. The summed E-state index contributed by atoms with van der Waals surface area (Å²) in [7, 11) is 0. The number of nitro benzene ring substituents is 1. The molecule has 16 heavy (non-hydrogen) atoms. The van der Waals surface area contributed by atoms with E-state index in [0.717, 1.165) is 6.07 Å². The Kier molecular flexibility index (Phi) is 4.29. The highest BCUT2D eigenvalue weighted by atomic mass is 35.5. The molecule has 0 N–H and O–H groups in total. The van der Waals surface area contributed by atoms with Crippen LogP contribution >= 0.6 is 23.2 Å². The molecule has 0 aliphatic heterocycles. The van der Waals surface area contributed by atoms with Crippen molar-refractivity contribution in [3.05, 3.63) is 37.9 Å². The Morgan fingerprint density at radius 1 is 1.38 bits per heavy atom. The Bertz CT molecular complexity index is 503. The molecule has 0 aromatic heterocycles. The maximum atomic E-state index is 10.7. The summed E-state index contributed by atoms with van der Waals surface area (Å²) >= 11 is 11.4. The summed E-state index contributed by atoms with van der Waals surface area (Å²) in [5.74, 6) is 4.97. The molecule has 1 aromatic carbocycles. The molecule has 1 aromatic rings. The summed E-state index contributed by atoms with van der Waals surface area (Å²) in [6.07, 6.45) is 0.619. The van der Waals surface area contributed by atoms with E-state index in [2.05, 4.69) is 11.8 Å². The van der Waals surface area contributed by atoms with Gasteiger partial charge in [0.1, 0.15) is 11.8 Å². The first kappa shape index (κ1) is 12.5. The van der Waals surface area contributed by atoms with Gasteiger partial charge in [0, 0.05) is 6.07 Å². The lowest BCUT2D eigenvalue weighted by atomic mass is 10.2. The lowest BCUT2D eigenvalue weighted by Crippen LogP contribution is -1.92. The number of aldehydes is 1. The standard InChI is InChI=1S/C10H5Cl2NO3/c11-8-5-7(3-1-2-4-14)10(13(15)16)6-9(8)12/h4-6H,2H2. The minimum absolute atomic E-state index is 0.0113. The van der Waals surface area contributed by atoms with Crippen LogP contribution in [0.1, 0.15) is 12.0 Å². The first-order chi connectivity index (χ1) is 7.56. The topological polar surface area (TPSA) is 60.2 Å². The smallest absolute Gasteiger partial charge is 0.286 e. The largest absolute Gasteiger partial charge is 0.302 e. The summed E-state index contributed by atoms with van der Waals surface area (Å²) < 4.78 is 0. The van der Waals surface area contributed by atoms with Crippen LogP contribution in [0.5, 0.6) is 0 Å². The third-order valence-corrected chi connectivity index (χ3v) is 2.37. The van der Waals surface area contributed by atoms with E-state index in [0.29, 0.717) is 6.29 Å². The molecule has 0 unspecified atom stereocenters. The lowest BCUT2D eigenvalue weighted by Gasteiger charge is -1.98. The quantitative estimate of drug-likeness (QED) is 0.354. The molecule has 0 spiro atoms. The molecule has 0 aliphatic rings. The van der Waals surface area contributed by atoms with Crippen LogP contribution in [0.25, 0.3) is 0 Å². The minimum atomic E-state index is -0.604. The average molecular weight is 258 g/mol. The second-order valence-electron chi connectivity index (χ2n) is 2.71. The van der Waals surface area contributed by atoms with Gasteiger partial charge in [-0.25, -0.2) is 0 Å². The number of halogens is 2. The van der Waals surface area contributed by atoms with Crippen molar-refractivity contribution in [1.29, 1.82) is 0 Å². The van der Waals surface area contributed by atoms with Gasteiger partial charge < -0.3 is 4.79 Å². The molecular weight excluding hydrogens is 253 g/mol. The molecule has 0 heterocycles. The molecule has 4 nitrogen and oxygen atoms in total. The zero-order chi connectivity index (χ0) is 12.1. The number of hydrogen-bond acceptors (Lipinski definition) is 3. The van der Waals surface area contributed by atoms with Crippen LogP contribution in [0.3, 0.4) is 0 Å². The van der Waals surface area contributed by atoms with E-state index in [1.54, 1.807) is 0 Å². The van der Waals surface area contributed by atoms with E-state index < -0.39 is 4.92 Å². The highest BCUT2D eigenvalue weighted by Gasteiger charge is 2.15. The van der Waals surface area contributed by atoms with Crippen molar-refractivity contribution in [2.75, 3.05) is 0 Å². The highest BCUT2D eigenvalue weighted by Crippen LogP contribution is 2.29. The predicted octanol–water partition coefficient (Wildman–Crippen LogP) is 2.84. The van der Waals surface area contributed by atoms with Crippen LogP contribution in [0, 0.1) is 22.0 Å². The third-order valence-electron chi connectivity index (χ3n) is 1.64. The minimum Gasteiger partial charge on any atom is -0.302 e. The van der Waals surface area contributed by atoms with Crippen molar-refractivity contribution in [2.24, 2.45) is 0 Å². The molecule has 0 saturated carbocycles. The molecule has 0 radical (unpaired) electrons. The summed E-state index contributed by atoms with van der Waals surface area (Å²) in [4.78, 5) is 20.1. The van der Waals surface area contributed by atoms with Gasteiger partial charge in [-0.2, -0.15) is 0 Å². The molecule has 6 heteroatoms. The van der Waals surface area contributed by atoms with E-state index in [1.165, 1.54) is 6.07 Å². The number of nitrogens with zero attached hydrogens (tertiary/aromatic N) is 1. The van der Waals surface area contributed by atoms with Gasteiger partial charge in [0.25, 0.3) is 5.69 Å². The van der Waals surface area contributed by atoms with Crippen molar-refractivity contribution in [3.63, 3.8) is 0 Å². The Morgan fingerprint density at radius 2 is 2.00 bits per heavy atom. The van der Waals surface area contributed by atoms with Crippen molar-refractivity contribution in [2.45, 2.75) is 6.42 Å². The number of rotatable bonds is 2.